The third-order valence-electron chi connectivity index (χ3n) is 3.20. The van der Waals surface area contributed by atoms with E-state index in [0.29, 0.717) is 38.2 Å². The molecule has 6 nitrogen and oxygen atoms in total. The first kappa shape index (κ1) is 13.6. The minimum Gasteiger partial charge on any atom is -0.383 e. The van der Waals surface area contributed by atoms with E-state index in [0.717, 1.165) is 0 Å². The number of hydrogen-bond donors (Lipinski definition) is 2. The van der Waals surface area contributed by atoms with Crippen LogP contribution < -0.4 is 10.6 Å². The Balaban J connectivity index is 1.92. The molecule has 6 heteroatoms. The zero-order valence-corrected chi connectivity index (χ0v) is 11.0. The van der Waals surface area contributed by atoms with E-state index in [9.17, 15) is 9.59 Å². The maximum Gasteiger partial charge on any atom is 0.268 e. The molecule has 0 aromatic carbocycles. The smallest absolute Gasteiger partial charge is 0.268 e. The highest BCUT2D eigenvalue weighted by Crippen LogP contribution is 2.06. The van der Waals surface area contributed by atoms with Crippen LogP contribution in [0.1, 0.15) is 23.3 Å². The normalized spacial score (nSPS) is 19.0. The number of rotatable bonds is 5. The van der Waals surface area contributed by atoms with Crippen LogP contribution in [0.25, 0.3) is 0 Å². The van der Waals surface area contributed by atoms with Crippen LogP contribution in [-0.2, 0) is 16.1 Å². The van der Waals surface area contributed by atoms with E-state index in [2.05, 4.69) is 10.6 Å². The highest BCUT2D eigenvalue weighted by Gasteiger charge is 2.21. The van der Waals surface area contributed by atoms with Gasteiger partial charge in [0, 0.05) is 38.9 Å². The molecule has 1 aliphatic rings. The van der Waals surface area contributed by atoms with Gasteiger partial charge in [-0.05, 0) is 18.6 Å². The van der Waals surface area contributed by atoms with E-state index < -0.39 is 0 Å². The zero-order valence-electron chi connectivity index (χ0n) is 11.0. The molecule has 0 aliphatic carbocycles. The number of amides is 2. The Bertz CT molecular complexity index is 446. The van der Waals surface area contributed by atoms with Gasteiger partial charge < -0.3 is 19.9 Å². The van der Waals surface area contributed by atoms with E-state index in [1.165, 1.54) is 0 Å². The highest BCUT2D eigenvalue weighted by molar-refractivity contribution is 5.93. The maximum absolute atomic E-state index is 12.2. The van der Waals surface area contributed by atoms with Crippen LogP contribution in [0, 0.1) is 0 Å². The third-order valence-corrected chi connectivity index (χ3v) is 3.20. The van der Waals surface area contributed by atoms with Crippen LogP contribution in [0.15, 0.2) is 18.3 Å². The molecule has 19 heavy (non-hydrogen) atoms. The van der Waals surface area contributed by atoms with Gasteiger partial charge in [0.25, 0.3) is 5.91 Å². The van der Waals surface area contributed by atoms with Crippen LogP contribution in [-0.4, -0.2) is 42.7 Å². The van der Waals surface area contributed by atoms with Crippen LogP contribution in [0.3, 0.4) is 0 Å². The first-order chi connectivity index (χ1) is 9.20. The number of nitrogens with one attached hydrogen (secondary N) is 2. The second kappa shape index (κ2) is 6.38. The largest absolute Gasteiger partial charge is 0.383 e. The molecule has 2 N–H and O–H groups in total. The molecule has 2 amide bonds. The van der Waals surface area contributed by atoms with Gasteiger partial charge in [0.2, 0.25) is 5.91 Å². The summed E-state index contributed by atoms with van der Waals surface area (Å²) in [5.41, 5.74) is 0.619. The quantitative estimate of drug-likeness (QED) is 0.795. The molecule has 0 saturated carbocycles. The van der Waals surface area contributed by atoms with Crippen molar-refractivity contribution >= 4 is 11.8 Å². The van der Waals surface area contributed by atoms with Gasteiger partial charge in [-0.3, -0.25) is 9.59 Å². The summed E-state index contributed by atoms with van der Waals surface area (Å²) in [6.45, 7) is 1.71. The molecule has 1 aromatic heterocycles. The van der Waals surface area contributed by atoms with E-state index in [1.807, 2.05) is 16.8 Å². The number of carbonyl (C=O) groups excluding carboxylic acids is 2. The van der Waals surface area contributed by atoms with Gasteiger partial charge >= 0.3 is 0 Å². The Morgan fingerprint density at radius 2 is 2.47 bits per heavy atom. The van der Waals surface area contributed by atoms with E-state index in [1.54, 1.807) is 13.2 Å². The van der Waals surface area contributed by atoms with Gasteiger partial charge in [-0.2, -0.15) is 0 Å². The topological polar surface area (TPSA) is 72.4 Å². The van der Waals surface area contributed by atoms with Gasteiger partial charge in [-0.1, -0.05) is 0 Å². The fourth-order valence-corrected chi connectivity index (χ4v) is 2.12. The molecule has 0 bridgehead atoms. The number of carbonyl (C=O) groups is 2. The van der Waals surface area contributed by atoms with E-state index in [4.69, 9.17) is 4.74 Å². The summed E-state index contributed by atoms with van der Waals surface area (Å²) in [5.74, 6) is -0.0591. The predicted octanol–water partition coefficient (Wildman–Crippen LogP) is 0.143. The molecule has 1 saturated heterocycles. The molecular formula is C13H19N3O3. The predicted molar refractivity (Wildman–Crippen MR) is 69.8 cm³/mol. The minimum absolute atomic E-state index is 0.0102. The summed E-state index contributed by atoms with van der Waals surface area (Å²) < 4.78 is 6.87. The van der Waals surface area contributed by atoms with Crippen molar-refractivity contribution in [2.75, 3.05) is 20.3 Å². The number of methoxy groups -OCH3 is 1. The van der Waals surface area contributed by atoms with Crippen LogP contribution in [0.2, 0.25) is 0 Å². The summed E-state index contributed by atoms with van der Waals surface area (Å²) in [5, 5.41) is 5.69. The summed E-state index contributed by atoms with van der Waals surface area (Å²) in [6, 6.07) is 3.63. The van der Waals surface area contributed by atoms with Crippen molar-refractivity contribution in [2.24, 2.45) is 0 Å². The van der Waals surface area contributed by atoms with Gasteiger partial charge in [0.05, 0.1) is 6.61 Å². The molecule has 0 spiro atoms. The number of piperidine rings is 1. The van der Waals surface area contributed by atoms with Crippen molar-refractivity contribution in [2.45, 2.75) is 25.4 Å². The highest BCUT2D eigenvalue weighted by atomic mass is 16.5. The molecule has 2 rings (SSSR count). The lowest BCUT2D eigenvalue weighted by atomic mass is 10.1. The third kappa shape index (κ3) is 3.57. The Morgan fingerprint density at radius 1 is 1.63 bits per heavy atom. The Morgan fingerprint density at radius 3 is 3.16 bits per heavy atom. The molecule has 1 fully saturated rings. The van der Waals surface area contributed by atoms with Crippen molar-refractivity contribution in [3.63, 3.8) is 0 Å². The Labute approximate surface area is 112 Å². The summed E-state index contributed by atoms with van der Waals surface area (Å²) >= 11 is 0. The molecular weight excluding hydrogens is 246 g/mol. The van der Waals surface area contributed by atoms with E-state index >= 15 is 0 Å². The van der Waals surface area contributed by atoms with Gasteiger partial charge in [0.1, 0.15) is 5.69 Å². The first-order valence-electron chi connectivity index (χ1n) is 6.42. The molecule has 1 aliphatic heterocycles. The fraction of sp³-hybridized carbons (Fsp3) is 0.538. The maximum atomic E-state index is 12.2. The molecule has 0 radical (unpaired) electrons. The van der Waals surface area contributed by atoms with Crippen molar-refractivity contribution in [1.82, 2.24) is 15.2 Å². The molecule has 1 atom stereocenters. The second-order valence-electron chi connectivity index (χ2n) is 4.59. The number of hydrogen-bond acceptors (Lipinski definition) is 3. The number of ether oxygens (including phenoxy) is 1. The SMILES string of the molecule is COCCn1cccc1C(=O)NC1CCC(=O)NC1. The second-order valence-corrected chi connectivity index (χ2v) is 4.59. The minimum atomic E-state index is -0.109. The van der Waals surface area contributed by atoms with Crippen molar-refractivity contribution < 1.29 is 14.3 Å². The van der Waals surface area contributed by atoms with Crippen molar-refractivity contribution in [1.29, 1.82) is 0 Å². The molecule has 1 aromatic rings. The number of aromatic nitrogens is 1. The monoisotopic (exact) mass is 265 g/mol. The van der Waals surface area contributed by atoms with Gasteiger partial charge in [-0.15, -0.1) is 0 Å². The summed E-state index contributed by atoms with van der Waals surface area (Å²) in [7, 11) is 1.63. The average Bonchev–Trinajstić information content (AvgIpc) is 2.87. The van der Waals surface area contributed by atoms with Crippen molar-refractivity contribution in [3.05, 3.63) is 24.0 Å². The van der Waals surface area contributed by atoms with Crippen molar-refractivity contribution in [3.8, 4) is 0 Å². The van der Waals surface area contributed by atoms with Crippen LogP contribution in [0.4, 0.5) is 0 Å². The Kier molecular flexibility index (Phi) is 4.57. The average molecular weight is 265 g/mol. The molecule has 1 unspecified atom stereocenters. The zero-order chi connectivity index (χ0) is 13.7. The van der Waals surface area contributed by atoms with Gasteiger partial charge in [-0.25, -0.2) is 0 Å². The fourth-order valence-electron chi connectivity index (χ4n) is 2.12. The lowest BCUT2D eigenvalue weighted by Crippen LogP contribution is -2.48. The lowest BCUT2D eigenvalue weighted by Gasteiger charge is -2.23. The van der Waals surface area contributed by atoms with Crippen LogP contribution >= 0.6 is 0 Å². The van der Waals surface area contributed by atoms with Gasteiger partial charge in [0.15, 0.2) is 0 Å². The molecule has 2 heterocycles. The van der Waals surface area contributed by atoms with Crippen LogP contribution in [0.5, 0.6) is 0 Å². The van der Waals surface area contributed by atoms with E-state index in [-0.39, 0.29) is 17.9 Å². The Hall–Kier alpha value is -1.82. The standard InChI is InChI=1S/C13H19N3O3/c1-19-8-7-16-6-2-3-11(16)13(18)15-10-4-5-12(17)14-9-10/h2-3,6,10H,4-5,7-9H2,1H3,(H,14,17)(H,15,18). The number of nitrogens with zero attached hydrogens (tertiary/aromatic N) is 1. The first-order valence-corrected chi connectivity index (χ1v) is 6.42. The lowest BCUT2D eigenvalue weighted by molar-refractivity contribution is -0.122. The molecule has 104 valence electrons. The summed E-state index contributed by atoms with van der Waals surface area (Å²) in [4.78, 5) is 23.2. The summed E-state index contributed by atoms with van der Waals surface area (Å²) in [6.07, 6.45) is 3.02.